The Kier molecular flexibility index (Phi) is 3.62. The third-order valence-corrected chi connectivity index (χ3v) is 3.17. The van der Waals surface area contributed by atoms with Crippen LogP contribution >= 0.6 is 0 Å². The van der Waals surface area contributed by atoms with Gasteiger partial charge in [-0.3, -0.25) is 0 Å². The minimum absolute atomic E-state index is 1.19. The van der Waals surface area contributed by atoms with Crippen molar-refractivity contribution in [3.8, 4) is 0 Å². The molecule has 2 aliphatic rings. The first-order valence-corrected chi connectivity index (χ1v) is 5.98. The molecule has 0 N–H and O–H groups in total. The fraction of sp³-hybridized carbons (Fsp3) is 0.571. The monoisotopic (exact) mass is 188 g/mol. The summed E-state index contributed by atoms with van der Waals surface area (Å²) in [4.78, 5) is 0. The van der Waals surface area contributed by atoms with Crippen molar-refractivity contribution in [1.82, 2.24) is 0 Å². The minimum atomic E-state index is 1.19. The molecule has 0 aromatic carbocycles. The molecule has 0 atom stereocenters. The Labute approximate surface area is 87.4 Å². The van der Waals surface area contributed by atoms with Crippen LogP contribution in [-0.2, 0) is 0 Å². The summed E-state index contributed by atoms with van der Waals surface area (Å²) in [7, 11) is 0. The van der Waals surface area contributed by atoms with Crippen LogP contribution in [0, 0.1) is 0 Å². The normalized spacial score (nSPS) is 22.6. The van der Waals surface area contributed by atoms with Crippen LogP contribution in [0.15, 0.2) is 35.5 Å². The SMILES string of the molecule is C(=CC1=CCCCC1)CC1=CCCC1. The Morgan fingerprint density at radius 1 is 1.00 bits per heavy atom. The minimum Gasteiger partial charge on any atom is -0.0850 e. The van der Waals surface area contributed by atoms with Gasteiger partial charge in [-0.25, -0.2) is 0 Å². The third-order valence-electron chi connectivity index (χ3n) is 3.17. The van der Waals surface area contributed by atoms with Crippen molar-refractivity contribution in [2.75, 3.05) is 0 Å². The molecule has 0 bridgehead atoms. The molecule has 0 saturated heterocycles. The zero-order valence-corrected chi connectivity index (χ0v) is 8.97. The van der Waals surface area contributed by atoms with Crippen LogP contribution in [0.1, 0.15) is 51.4 Å². The Bertz CT molecular complexity index is 266. The van der Waals surface area contributed by atoms with Gasteiger partial charge < -0.3 is 0 Å². The molecule has 0 spiro atoms. The summed E-state index contributed by atoms with van der Waals surface area (Å²) in [6, 6.07) is 0. The van der Waals surface area contributed by atoms with Gasteiger partial charge in [0.05, 0.1) is 0 Å². The van der Waals surface area contributed by atoms with Crippen molar-refractivity contribution in [2.24, 2.45) is 0 Å². The molecule has 0 radical (unpaired) electrons. The van der Waals surface area contributed by atoms with Gasteiger partial charge in [0, 0.05) is 0 Å². The van der Waals surface area contributed by atoms with E-state index in [4.69, 9.17) is 0 Å². The summed E-state index contributed by atoms with van der Waals surface area (Å²) < 4.78 is 0. The van der Waals surface area contributed by atoms with E-state index in [1.807, 2.05) is 0 Å². The van der Waals surface area contributed by atoms with Crippen LogP contribution in [0.5, 0.6) is 0 Å². The Morgan fingerprint density at radius 3 is 2.64 bits per heavy atom. The van der Waals surface area contributed by atoms with E-state index in [0.29, 0.717) is 0 Å². The van der Waals surface area contributed by atoms with Crippen LogP contribution in [0.2, 0.25) is 0 Å². The third kappa shape index (κ3) is 2.87. The van der Waals surface area contributed by atoms with E-state index in [1.165, 1.54) is 51.4 Å². The summed E-state index contributed by atoms with van der Waals surface area (Å²) in [6.07, 6.45) is 20.1. The largest absolute Gasteiger partial charge is 0.0850 e. The van der Waals surface area contributed by atoms with Crippen LogP contribution in [0.4, 0.5) is 0 Å². The van der Waals surface area contributed by atoms with Crippen molar-refractivity contribution in [3.05, 3.63) is 35.5 Å². The van der Waals surface area contributed by atoms with Crippen LogP contribution in [-0.4, -0.2) is 0 Å². The quantitative estimate of drug-likeness (QED) is 0.570. The zero-order valence-electron chi connectivity index (χ0n) is 8.97. The second-order valence-corrected chi connectivity index (χ2v) is 4.39. The molecule has 0 aromatic rings. The van der Waals surface area contributed by atoms with Gasteiger partial charge >= 0.3 is 0 Å². The van der Waals surface area contributed by atoms with E-state index < -0.39 is 0 Å². The molecule has 0 unspecified atom stereocenters. The highest BCUT2D eigenvalue weighted by molar-refractivity contribution is 5.22. The molecule has 0 nitrogen and oxygen atoms in total. The van der Waals surface area contributed by atoms with Gasteiger partial charge in [-0.2, -0.15) is 0 Å². The second kappa shape index (κ2) is 5.19. The second-order valence-electron chi connectivity index (χ2n) is 4.39. The summed E-state index contributed by atoms with van der Waals surface area (Å²) in [5.41, 5.74) is 3.22. The molecule has 14 heavy (non-hydrogen) atoms. The lowest BCUT2D eigenvalue weighted by molar-refractivity contribution is 0.711. The predicted octanol–water partition coefficient (Wildman–Crippen LogP) is 4.54. The maximum Gasteiger partial charge on any atom is -0.0136 e. The smallest absolute Gasteiger partial charge is 0.0136 e. The fourth-order valence-corrected chi connectivity index (χ4v) is 2.30. The first kappa shape index (κ1) is 9.76. The summed E-state index contributed by atoms with van der Waals surface area (Å²) in [6.45, 7) is 0. The van der Waals surface area contributed by atoms with Crippen LogP contribution < -0.4 is 0 Å². The van der Waals surface area contributed by atoms with Gasteiger partial charge in [-0.15, -0.1) is 0 Å². The first-order valence-electron chi connectivity index (χ1n) is 5.98. The van der Waals surface area contributed by atoms with Crippen molar-refractivity contribution < 1.29 is 0 Å². The molecule has 0 saturated carbocycles. The fourth-order valence-electron chi connectivity index (χ4n) is 2.30. The lowest BCUT2D eigenvalue weighted by Gasteiger charge is -2.07. The van der Waals surface area contributed by atoms with Gasteiger partial charge in [-0.05, 0) is 51.4 Å². The standard InChI is InChI=1S/C14H20/c1-2-7-13(8-3-1)11-6-12-14-9-4-5-10-14/h6-7,9,11H,1-5,8,10,12H2. The molecule has 0 amide bonds. The van der Waals surface area contributed by atoms with Crippen molar-refractivity contribution >= 4 is 0 Å². The van der Waals surface area contributed by atoms with E-state index >= 15 is 0 Å². The van der Waals surface area contributed by atoms with E-state index in [-0.39, 0.29) is 0 Å². The van der Waals surface area contributed by atoms with E-state index in [2.05, 4.69) is 24.3 Å². The lowest BCUT2D eigenvalue weighted by atomic mass is 9.99. The topological polar surface area (TPSA) is 0 Å². The van der Waals surface area contributed by atoms with Crippen molar-refractivity contribution in [3.63, 3.8) is 0 Å². The zero-order chi connectivity index (χ0) is 9.64. The summed E-state index contributed by atoms with van der Waals surface area (Å²) >= 11 is 0. The number of rotatable bonds is 3. The van der Waals surface area contributed by atoms with Crippen LogP contribution in [0.3, 0.4) is 0 Å². The Hall–Kier alpha value is -0.780. The van der Waals surface area contributed by atoms with Gasteiger partial charge in [0.2, 0.25) is 0 Å². The number of hydrogen-bond acceptors (Lipinski definition) is 0. The maximum atomic E-state index is 2.42. The Balaban J connectivity index is 1.78. The highest BCUT2D eigenvalue weighted by atomic mass is 14.1. The highest BCUT2D eigenvalue weighted by Crippen LogP contribution is 2.22. The average Bonchev–Trinajstić information content (AvgIpc) is 2.72. The molecule has 2 rings (SSSR count). The Morgan fingerprint density at radius 2 is 1.93 bits per heavy atom. The maximum absolute atomic E-state index is 2.42. The van der Waals surface area contributed by atoms with E-state index in [9.17, 15) is 0 Å². The van der Waals surface area contributed by atoms with Gasteiger partial charge in [0.25, 0.3) is 0 Å². The van der Waals surface area contributed by atoms with E-state index in [1.54, 1.807) is 11.1 Å². The molecular formula is C14H20. The molecule has 0 heteroatoms. The molecule has 2 aliphatic carbocycles. The number of allylic oxidation sites excluding steroid dienone is 6. The molecule has 0 aromatic heterocycles. The molecule has 0 aliphatic heterocycles. The van der Waals surface area contributed by atoms with Gasteiger partial charge in [0.1, 0.15) is 0 Å². The summed E-state index contributed by atoms with van der Waals surface area (Å²) in [5.74, 6) is 0. The first-order chi connectivity index (χ1) is 6.95. The van der Waals surface area contributed by atoms with Crippen molar-refractivity contribution in [2.45, 2.75) is 51.4 Å². The molecule has 76 valence electrons. The molecule has 0 heterocycles. The van der Waals surface area contributed by atoms with Crippen molar-refractivity contribution in [1.29, 1.82) is 0 Å². The lowest BCUT2D eigenvalue weighted by Crippen LogP contribution is -1.88. The molecular weight excluding hydrogens is 168 g/mol. The van der Waals surface area contributed by atoms with Crippen LogP contribution in [0.25, 0.3) is 0 Å². The summed E-state index contributed by atoms with van der Waals surface area (Å²) in [5, 5.41) is 0. The highest BCUT2D eigenvalue weighted by Gasteiger charge is 2.02. The van der Waals surface area contributed by atoms with E-state index in [0.717, 1.165) is 0 Å². The average molecular weight is 188 g/mol. The number of hydrogen-bond donors (Lipinski definition) is 0. The van der Waals surface area contributed by atoms with Gasteiger partial charge in [-0.1, -0.05) is 35.5 Å². The predicted molar refractivity (Wildman–Crippen MR) is 62.2 cm³/mol. The van der Waals surface area contributed by atoms with Gasteiger partial charge in [0.15, 0.2) is 0 Å². The molecule has 0 fully saturated rings.